The van der Waals surface area contributed by atoms with Crippen LogP contribution >= 0.6 is 0 Å². The Labute approximate surface area is 178 Å². The maximum absolute atomic E-state index is 8.94. The van der Waals surface area contributed by atoms with Gasteiger partial charge in [0.2, 0.25) is 0 Å². The Morgan fingerprint density at radius 1 is 1.00 bits per heavy atom. The van der Waals surface area contributed by atoms with E-state index >= 15 is 0 Å². The molecule has 0 saturated heterocycles. The first kappa shape index (κ1) is 7.47. The first-order valence-electron chi connectivity index (χ1n) is 14.9. The summed E-state index contributed by atoms with van der Waals surface area (Å²) in [6.07, 6.45) is -0.218. The molecule has 0 amide bonds. The lowest BCUT2D eigenvalue weighted by atomic mass is 9.95. The summed E-state index contributed by atoms with van der Waals surface area (Å²) in [5, 5.41) is 0. The molecule has 4 aromatic rings. The summed E-state index contributed by atoms with van der Waals surface area (Å²) in [5.74, 6) is 0.203. The minimum Gasteiger partial charge on any atom is -0.236 e. The summed E-state index contributed by atoms with van der Waals surface area (Å²) >= 11 is 0. The van der Waals surface area contributed by atoms with Crippen molar-refractivity contribution in [3.63, 3.8) is 0 Å². The van der Waals surface area contributed by atoms with Crippen molar-refractivity contribution >= 4 is 0 Å². The highest BCUT2D eigenvalue weighted by Gasteiger charge is 2.31. The van der Waals surface area contributed by atoms with Crippen LogP contribution in [0.2, 0.25) is 0 Å². The second-order valence-electron chi connectivity index (χ2n) is 6.48. The third-order valence-electron chi connectivity index (χ3n) is 4.65. The number of fused-ring (bicyclic) bond motifs is 3. The molecule has 0 atom stereocenters. The topological polar surface area (TPSA) is 19.7 Å². The van der Waals surface area contributed by atoms with E-state index in [0.29, 0.717) is 5.56 Å². The predicted molar refractivity (Wildman–Crippen MR) is 111 cm³/mol. The number of benzene rings is 3. The lowest BCUT2D eigenvalue weighted by Crippen LogP contribution is -2.29. The lowest BCUT2D eigenvalue weighted by Gasteiger charge is -2.07. The van der Waals surface area contributed by atoms with Gasteiger partial charge in [-0.25, -0.2) is 9.55 Å². The molecule has 0 fully saturated rings. The molecule has 2 heteroatoms. The fourth-order valence-corrected chi connectivity index (χ4v) is 3.46. The Morgan fingerprint density at radius 2 is 1.85 bits per heavy atom. The average molecular weight is 365 g/mol. The standard InChI is InChI=1S/C25H22N2/c1-16-7-4-10-19(13-16)21-12-6-11-20-14-27-15-22(26-25(27)24(20)21)23-17(2)8-5-9-18(23)3/h4-13,15H,14H2,1-3H3/p+1/i2D3,4D,5D,6D,7D,8D,9D,11D,12D,13D,15D. The molecular formula is C25H23N2+. The summed E-state index contributed by atoms with van der Waals surface area (Å²) in [6.45, 7) is 0.0504. The average Bonchev–Trinajstić information content (AvgIpc) is 3.41. The van der Waals surface area contributed by atoms with Crippen LogP contribution in [0.15, 0.2) is 66.6 Å². The predicted octanol–water partition coefficient (Wildman–Crippen LogP) is 5.59. The van der Waals surface area contributed by atoms with Gasteiger partial charge in [0, 0.05) is 15.2 Å². The number of aromatic amines is 1. The van der Waals surface area contributed by atoms with Crippen LogP contribution in [0.3, 0.4) is 0 Å². The molecule has 0 saturated carbocycles. The molecule has 3 aromatic carbocycles. The van der Waals surface area contributed by atoms with E-state index in [0.717, 1.165) is 0 Å². The fourth-order valence-electron chi connectivity index (χ4n) is 3.46. The molecule has 2 nitrogen and oxygen atoms in total. The molecule has 0 spiro atoms. The van der Waals surface area contributed by atoms with E-state index in [2.05, 4.69) is 4.98 Å². The normalized spacial score (nSPS) is 19.4. The largest absolute Gasteiger partial charge is 0.288 e. The van der Waals surface area contributed by atoms with Crippen molar-refractivity contribution in [3.8, 4) is 33.8 Å². The number of hydrogen-bond donors (Lipinski definition) is 1. The molecule has 0 unspecified atom stereocenters. The highest BCUT2D eigenvalue weighted by molar-refractivity contribution is 5.84. The van der Waals surface area contributed by atoms with Crippen LogP contribution < -0.4 is 4.57 Å². The van der Waals surface area contributed by atoms with Crippen LogP contribution in [0, 0.1) is 20.7 Å². The van der Waals surface area contributed by atoms with E-state index in [1.807, 2.05) is 0 Å². The molecule has 1 N–H and O–H groups in total. The van der Waals surface area contributed by atoms with Gasteiger partial charge in [-0.3, -0.25) is 0 Å². The maximum Gasteiger partial charge on any atom is 0.288 e. The first-order valence-corrected chi connectivity index (χ1v) is 8.44. The number of H-pyrrole nitrogens is 1. The minimum absolute atomic E-state index is 0.0183. The SMILES string of the molecule is [2H]c1cc(-c2c([2H])c([2H])c([2H])c3c2-c2[nH]c(-c4c(C)c([2H])c([2H])c([2H])c4C([2H])([2H])[2H])c([2H])[n+]2C3)c([2H])c(C)c1[2H]. The van der Waals surface area contributed by atoms with Gasteiger partial charge in [-0.15, -0.1) is 0 Å². The van der Waals surface area contributed by atoms with E-state index in [1.165, 1.54) is 24.5 Å². The third kappa shape index (κ3) is 2.52. The number of nitrogens with zero attached hydrogens (tertiary/aromatic N) is 1. The zero-order chi connectivity index (χ0) is 29.7. The minimum atomic E-state index is -2.83. The molecular weight excluding hydrogens is 328 g/mol. The number of rotatable bonds is 2. The summed E-state index contributed by atoms with van der Waals surface area (Å²) in [5.41, 5.74) is 0.482. The Bertz CT molecular complexity index is 1780. The van der Waals surface area contributed by atoms with Crippen LogP contribution in [0.4, 0.5) is 0 Å². The molecule has 132 valence electrons. The summed E-state index contributed by atoms with van der Waals surface area (Å²) in [6, 6.07) is -1.71. The van der Waals surface area contributed by atoms with E-state index in [-0.39, 0.29) is 93.9 Å². The maximum atomic E-state index is 8.94. The molecule has 1 aliphatic rings. The summed E-state index contributed by atoms with van der Waals surface area (Å²) in [7, 11) is 0. The van der Waals surface area contributed by atoms with Crippen molar-refractivity contribution in [2.24, 2.45) is 0 Å². The molecule has 1 aromatic heterocycles. The van der Waals surface area contributed by atoms with E-state index in [4.69, 9.17) is 17.8 Å². The van der Waals surface area contributed by atoms with Gasteiger partial charge in [-0.2, -0.15) is 0 Å². The van der Waals surface area contributed by atoms with Gasteiger partial charge in [0.05, 0.1) is 17.9 Å². The van der Waals surface area contributed by atoms with Crippen LogP contribution in [0.5, 0.6) is 0 Å². The number of imidazole rings is 1. The molecule has 2 heterocycles. The van der Waals surface area contributed by atoms with Crippen LogP contribution in [0.25, 0.3) is 33.8 Å². The zero-order valence-corrected chi connectivity index (χ0v) is 14.7. The Morgan fingerprint density at radius 3 is 2.74 bits per heavy atom. The van der Waals surface area contributed by atoms with Gasteiger partial charge in [-0.05, 0) is 43.0 Å². The first-order chi connectivity index (χ1) is 18.5. The quantitative estimate of drug-likeness (QED) is 0.394. The van der Waals surface area contributed by atoms with E-state index < -0.39 is 30.5 Å². The van der Waals surface area contributed by atoms with Gasteiger partial charge in [0.1, 0.15) is 14.1 Å². The second-order valence-corrected chi connectivity index (χ2v) is 6.48. The third-order valence-corrected chi connectivity index (χ3v) is 4.65. The smallest absolute Gasteiger partial charge is 0.236 e. The van der Waals surface area contributed by atoms with Crippen molar-refractivity contribution in [2.75, 3.05) is 0 Å². The van der Waals surface area contributed by atoms with Gasteiger partial charge in [0.25, 0.3) is 5.82 Å². The van der Waals surface area contributed by atoms with Gasteiger partial charge in [0.15, 0.2) is 5.69 Å². The molecule has 27 heavy (non-hydrogen) atoms. The summed E-state index contributed by atoms with van der Waals surface area (Å²) in [4.78, 5) is 3.03. The highest BCUT2D eigenvalue weighted by Crippen LogP contribution is 2.38. The Balaban J connectivity index is 1.90. The highest BCUT2D eigenvalue weighted by atomic mass is 15.1. The van der Waals surface area contributed by atoms with E-state index in [1.54, 1.807) is 0 Å². The van der Waals surface area contributed by atoms with Crippen molar-refractivity contribution < 1.29 is 22.4 Å². The number of hydrogen-bond acceptors (Lipinski definition) is 0. The van der Waals surface area contributed by atoms with E-state index in [9.17, 15) is 0 Å². The second kappa shape index (κ2) is 5.95. The zero-order valence-electron chi connectivity index (χ0n) is 27.7. The number of nitrogens with one attached hydrogen (secondary N) is 1. The van der Waals surface area contributed by atoms with Crippen molar-refractivity contribution in [3.05, 3.63) is 88.9 Å². The monoisotopic (exact) mass is 364 g/mol. The van der Waals surface area contributed by atoms with Crippen molar-refractivity contribution in [2.45, 2.75) is 27.2 Å². The van der Waals surface area contributed by atoms with Gasteiger partial charge >= 0.3 is 0 Å². The lowest BCUT2D eigenvalue weighted by molar-refractivity contribution is -0.670. The Hall–Kier alpha value is -3.13. The van der Waals surface area contributed by atoms with Crippen LogP contribution in [-0.2, 0) is 6.54 Å². The molecule has 0 bridgehead atoms. The van der Waals surface area contributed by atoms with Crippen LogP contribution in [-0.4, -0.2) is 4.98 Å². The van der Waals surface area contributed by atoms with Crippen LogP contribution in [0.1, 0.15) is 40.1 Å². The number of aromatic nitrogens is 2. The summed E-state index contributed by atoms with van der Waals surface area (Å²) < 4.78 is 110. The van der Waals surface area contributed by atoms with Gasteiger partial charge < -0.3 is 0 Å². The fraction of sp³-hybridized carbons (Fsp3) is 0.160. The molecule has 0 aliphatic carbocycles. The molecule has 1 aliphatic heterocycles. The molecule has 0 radical (unpaired) electrons. The van der Waals surface area contributed by atoms with Crippen molar-refractivity contribution in [1.29, 1.82) is 0 Å². The molecule has 5 rings (SSSR count). The Kier molecular flexibility index (Phi) is 1.65. The van der Waals surface area contributed by atoms with Crippen molar-refractivity contribution in [1.82, 2.24) is 4.98 Å². The van der Waals surface area contributed by atoms with Gasteiger partial charge in [-0.1, -0.05) is 66.0 Å².